The van der Waals surface area contributed by atoms with Crippen LogP contribution in [0.25, 0.3) is 0 Å². The number of unbranched alkanes of at least 4 members (excludes halogenated alkanes) is 1. The first-order chi connectivity index (χ1) is 12.9. The highest BCUT2D eigenvalue weighted by molar-refractivity contribution is 7.80. The van der Waals surface area contributed by atoms with Crippen molar-refractivity contribution < 1.29 is 14.3 Å². The normalized spacial score (nSPS) is 34.9. The van der Waals surface area contributed by atoms with E-state index in [0.717, 1.165) is 50.6 Å². The van der Waals surface area contributed by atoms with Gasteiger partial charge in [0.15, 0.2) is 5.11 Å². The van der Waals surface area contributed by atoms with Crippen LogP contribution in [-0.2, 0) is 14.3 Å². The molecular formula is C20H29N3O3S. The monoisotopic (exact) mass is 391 g/mol. The molecule has 2 aliphatic heterocycles. The molecule has 0 aromatic carbocycles. The summed E-state index contributed by atoms with van der Waals surface area (Å²) in [6.07, 6.45) is 9.39. The third-order valence-corrected chi connectivity index (χ3v) is 5.83. The van der Waals surface area contributed by atoms with Crippen LogP contribution in [0.15, 0.2) is 28.9 Å². The summed E-state index contributed by atoms with van der Waals surface area (Å²) < 4.78 is 11.5. The minimum Gasteiger partial charge on any atom is -0.455 e. The maximum Gasteiger partial charge on any atom is 0.334 e. The lowest BCUT2D eigenvalue weighted by molar-refractivity contribution is -0.140. The van der Waals surface area contributed by atoms with E-state index in [1.165, 1.54) is 0 Å². The van der Waals surface area contributed by atoms with Crippen LogP contribution in [0.1, 0.15) is 52.4 Å². The van der Waals surface area contributed by atoms with Gasteiger partial charge in [0.2, 0.25) is 0 Å². The number of ether oxygens (including phenoxy) is 2. The minimum absolute atomic E-state index is 0.00368. The molecule has 3 aliphatic rings. The number of hydrazone groups is 1. The Morgan fingerprint density at radius 3 is 3.15 bits per heavy atom. The van der Waals surface area contributed by atoms with E-state index in [0.29, 0.717) is 10.7 Å². The van der Waals surface area contributed by atoms with Crippen molar-refractivity contribution in [2.45, 2.75) is 70.2 Å². The highest BCUT2D eigenvalue weighted by Gasteiger charge is 2.61. The Morgan fingerprint density at radius 2 is 2.37 bits per heavy atom. The van der Waals surface area contributed by atoms with Crippen molar-refractivity contribution in [3.63, 3.8) is 0 Å². The molecule has 4 atom stereocenters. The summed E-state index contributed by atoms with van der Waals surface area (Å²) in [6, 6.07) is 0. The van der Waals surface area contributed by atoms with E-state index in [2.05, 4.69) is 42.3 Å². The number of rotatable bonds is 5. The van der Waals surface area contributed by atoms with E-state index in [1.807, 2.05) is 6.21 Å². The number of carbonyl (C=O) groups is 1. The molecule has 0 amide bonds. The third-order valence-electron chi connectivity index (χ3n) is 5.59. The van der Waals surface area contributed by atoms with Crippen molar-refractivity contribution in [3.05, 3.63) is 23.8 Å². The molecule has 0 spiro atoms. The summed E-state index contributed by atoms with van der Waals surface area (Å²) in [5.74, 6) is -0.282. The second kappa shape index (κ2) is 8.52. The van der Waals surface area contributed by atoms with Gasteiger partial charge in [-0.05, 0) is 56.8 Å². The van der Waals surface area contributed by atoms with Crippen LogP contribution in [0.2, 0.25) is 0 Å². The Balaban J connectivity index is 1.61. The molecule has 0 radical (unpaired) electrons. The minimum atomic E-state index is -0.286. The molecule has 7 heteroatoms. The number of hydrogen-bond donors (Lipinski definition) is 2. The number of esters is 1. The van der Waals surface area contributed by atoms with E-state index in [9.17, 15) is 4.79 Å². The van der Waals surface area contributed by atoms with Crippen LogP contribution in [0.5, 0.6) is 0 Å². The molecule has 2 N–H and O–H groups in total. The zero-order valence-corrected chi connectivity index (χ0v) is 16.9. The average Bonchev–Trinajstić information content (AvgIpc) is 3.22. The summed E-state index contributed by atoms with van der Waals surface area (Å²) >= 11 is 5.21. The maximum absolute atomic E-state index is 12.0. The Labute approximate surface area is 166 Å². The number of allylic oxidation sites excluding steroid dienone is 2. The first kappa shape index (κ1) is 20.0. The van der Waals surface area contributed by atoms with Gasteiger partial charge in [0, 0.05) is 18.0 Å². The zero-order chi connectivity index (χ0) is 19.4. The standard InChI is InChI=1S/C20H29N3O3S/c1-4-5-11-21-19(27)23-22-12-14-7-6-10-20(3)17(26-20)16-15(9-8-14)13(2)18(24)25-16/h7,12,15-17H,2,4-6,8-11H2,1,3H3,(H2,21,23,27)/b14-7+,22-12+/t15-,16-,17-,20+/m0/s1. The fourth-order valence-electron chi connectivity index (χ4n) is 3.79. The molecule has 2 heterocycles. The van der Waals surface area contributed by atoms with Gasteiger partial charge in [0.25, 0.3) is 0 Å². The molecule has 0 saturated carbocycles. The van der Waals surface area contributed by atoms with Crippen molar-refractivity contribution in [3.8, 4) is 0 Å². The molecule has 6 nitrogen and oxygen atoms in total. The quantitative estimate of drug-likeness (QED) is 0.143. The number of nitrogens with one attached hydrogen (secondary N) is 2. The Kier molecular flexibility index (Phi) is 6.32. The molecule has 0 aromatic heterocycles. The van der Waals surface area contributed by atoms with E-state index in [4.69, 9.17) is 21.7 Å². The first-order valence-corrected chi connectivity index (χ1v) is 10.2. The molecule has 27 heavy (non-hydrogen) atoms. The van der Waals surface area contributed by atoms with Crippen molar-refractivity contribution in [2.24, 2.45) is 11.0 Å². The van der Waals surface area contributed by atoms with Crippen molar-refractivity contribution in [1.82, 2.24) is 10.7 Å². The lowest BCUT2D eigenvalue weighted by Gasteiger charge is -2.19. The van der Waals surface area contributed by atoms with Gasteiger partial charge in [-0.1, -0.05) is 26.0 Å². The van der Waals surface area contributed by atoms with E-state index >= 15 is 0 Å². The summed E-state index contributed by atoms with van der Waals surface area (Å²) in [5.41, 5.74) is 4.33. The van der Waals surface area contributed by atoms with Gasteiger partial charge in [0.1, 0.15) is 12.2 Å². The summed E-state index contributed by atoms with van der Waals surface area (Å²) in [4.78, 5) is 12.0. The fourth-order valence-corrected chi connectivity index (χ4v) is 3.95. The lowest BCUT2D eigenvalue weighted by atomic mass is 9.84. The number of hydrogen-bond acceptors (Lipinski definition) is 5. The van der Waals surface area contributed by atoms with Gasteiger partial charge in [-0.25, -0.2) is 4.79 Å². The molecular weight excluding hydrogens is 362 g/mol. The average molecular weight is 392 g/mol. The number of carbonyl (C=O) groups excluding carboxylic acids is 1. The van der Waals surface area contributed by atoms with Crippen LogP contribution in [0.3, 0.4) is 0 Å². The van der Waals surface area contributed by atoms with Gasteiger partial charge < -0.3 is 14.8 Å². The largest absolute Gasteiger partial charge is 0.455 e. The van der Waals surface area contributed by atoms with Gasteiger partial charge in [-0.3, -0.25) is 5.43 Å². The SMILES string of the molecule is C=C1C(=O)O[C@H]2[C@H]1CCC(/C=N/NC(=S)NCCCC)=C\CC[C@@]1(C)O[C@@H]21. The summed E-state index contributed by atoms with van der Waals surface area (Å²) in [5, 5.41) is 7.92. The van der Waals surface area contributed by atoms with Crippen LogP contribution in [0.4, 0.5) is 0 Å². The molecule has 2 saturated heterocycles. The van der Waals surface area contributed by atoms with E-state index < -0.39 is 0 Å². The van der Waals surface area contributed by atoms with E-state index in [-0.39, 0.29) is 29.7 Å². The molecule has 2 fully saturated rings. The van der Waals surface area contributed by atoms with E-state index in [1.54, 1.807) is 0 Å². The maximum atomic E-state index is 12.0. The van der Waals surface area contributed by atoms with Gasteiger partial charge in [-0.15, -0.1) is 0 Å². The third kappa shape index (κ3) is 4.76. The van der Waals surface area contributed by atoms with Gasteiger partial charge >= 0.3 is 5.97 Å². The zero-order valence-electron chi connectivity index (χ0n) is 16.1. The van der Waals surface area contributed by atoms with Crippen molar-refractivity contribution in [1.29, 1.82) is 0 Å². The van der Waals surface area contributed by atoms with Gasteiger partial charge in [-0.2, -0.15) is 5.10 Å². The predicted octanol–water partition coefficient (Wildman–Crippen LogP) is 2.99. The molecule has 1 aliphatic carbocycles. The summed E-state index contributed by atoms with van der Waals surface area (Å²) in [7, 11) is 0. The molecule has 0 aromatic rings. The second-order valence-corrected chi connectivity index (χ2v) is 8.10. The highest BCUT2D eigenvalue weighted by atomic mass is 32.1. The predicted molar refractivity (Wildman–Crippen MR) is 109 cm³/mol. The molecule has 3 rings (SSSR count). The smallest absolute Gasteiger partial charge is 0.334 e. The van der Waals surface area contributed by atoms with Crippen molar-refractivity contribution in [2.75, 3.05) is 6.54 Å². The van der Waals surface area contributed by atoms with Crippen LogP contribution >= 0.6 is 12.2 Å². The number of fused-ring (bicyclic) bond motifs is 3. The van der Waals surface area contributed by atoms with Crippen LogP contribution < -0.4 is 10.7 Å². The molecule has 148 valence electrons. The Bertz CT molecular complexity index is 675. The Hall–Kier alpha value is -1.73. The topological polar surface area (TPSA) is 75.2 Å². The lowest BCUT2D eigenvalue weighted by Crippen LogP contribution is -2.32. The molecule has 0 unspecified atom stereocenters. The second-order valence-electron chi connectivity index (χ2n) is 7.69. The first-order valence-electron chi connectivity index (χ1n) is 9.78. The number of thiocarbonyl (C=S) groups is 1. The number of nitrogens with zero attached hydrogens (tertiary/aromatic N) is 1. The number of epoxide rings is 1. The Morgan fingerprint density at radius 1 is 1.56 bits per heavy atom. The molecule has 0 bridgehead atoms. The fraction of sp³-hybridized carbons (Fsp3) is 0.650. The van der Waals surface area contributed by atoms with Crippen molar-refractivity contribution >= 4 is 29.5 Å². The van der Waals surface area contributed by atoms with Crippen LogP contribution in [-0.4, -0.2) is 41.7 Å². The van der Waals surface area contributed by atoms with Gasteiger partial charge in [0.05, 0.1) is 11.8 Å². The highest BCUT2D eigenvalue weighted by Crippen LogP contribution is 2.49. The van der Waals surface area contributed by atoms with Crippen LogP contribution in [0, 0.1) is 5.92 Å². The summed E-state index contributed by atoms with van der Waals surface area (Å²) in [6.45, 7) is 9.02.